The molecule has 0 unspecified atom stereocenters. The van der Waals surface area contributed by atoms with Crippen LogP contribution in [-0.4, -0.2) is 23.9 Å². The van der Waals surface area contributed by atoms with Crippen LogP contribution in [0, 0.1) is 0 Å². The van der Waals surface area contributed by atoms with Crippen LogP contribution in [0.1, 0.15) is 72.1 Å². The molecule has 0 spiro atoms. The molecule has 1 aliphatic carbocycles. The Hall–Kier alpha value is -0.120. The van der Waals surface area contributed by atoms with Crippen LogP contribution in [0.2, 0.25) is 0 Å². The van der Waals surface area contributed by atoms with Gasteiger partial charge in [-0.05, 0) is 45.7 Å². The second-order valence-corrected chi connectivity index (χ2v) is 4.91. The second kappa shape index (κ2) is 11.0. The molecule has 2 rings (SSSR count). The van der Waals surface area contributed by atoms with E-state index in [1.54, 1.807) is 0 Å². The van der Waals surface area contributed by atoms with Crippen molar-refractivity contribution in [2.45, 2.75) is 77.7 Å². The number of hydrogen-bond acceptors (Lipinski definition) is 3. The number of hydrogen-bond donors (Lipinski definition) is 2. The minimum absolute atomic E-state index is 0.224. The molecule has 0 atom stereocenters. The molecule has 0 amide bonds. The van der Waals surface area contributed by atoms with Gasteiger partial charge in [0.2, 0.25) is 0 Å². The minimum Gasteiger partial charge on any atom is -0.317 e. The van der Waals surface area contributed by atoms with Crippen molar-refractivity contribution in [1.82, 2.24) is 5.32 Å². The summed E-state index contributed by atoms with van der Waals surface area (Å²) in [6, 6.07) is 0. The predicted molar refractivity (Wildman–Crippen MR) is 73.3 cm³/mol. The van der Waals surface area contributed by atoms with Gasteiger partial charge in [-0.1, -0.05) is 39.5 Å². The van der Waals surface area contributed by atoms with Crippen molar-refractivity contribution in [3.8, 4) is 0 Å². The van der Waals surface area contributed by atoms with Gasteiger partial charge in [0.05, 0.1) is 0 Å². The molecular weight excluding hydrogens is 214 g/mol. The molecule has 0 aromatic rings. The largest absolute Gasteiger partial charge is 0.317 e. The highest BCUT2D eigenvalue weighted by Crippen LogP contribution is 2.29. The quantitative estimate of drug-likeness (QED) is 0.542. The summed E-state index contributed by atoms with van der Waals surface area (Å²) in [4.78, 5) is 4.38. The summed E-state index contributed by atoms with van der Waals surface area (Å²) in [5.41, 5.74) is -0.224. The monoisotopic (exact) mass is 245 g/mol. The van der Waals surface area contributed by atoms with Crippen LogP contribution in [0.25, 0.3) is 0 Å². The third-order valence-corrected chi connectivity index (χ3v) is 3.34. The van der Waals surface area contributed by atoms with Crippen molar-refractivity contribution in [2.75, 3.05) is 13.1 Å². The Kier molecular flexibility index (Phi) is 10.9. The SMILES string of the molecule is C1CCNCC1.CC.CC1(OO)CCCCC1. The Bertz CT molecular complexity index is 141. The normalized spacial score (nSPS) is 22.6. The molecule has 0 aromatic heterocycles. The maximum Gasteiger partial charge on any atom is 0.100 e. The summed E-state index contributed by atoms with van der Waals surface area (Å²) in [6.07, 6.45) is 9.90. The summed E-state index contributed by atoms with van der Waals surface area (Å²) < 4.78 is 0. The van der Waals surface area contributed by atoms with Gasteiger partial charge in [0, 0.05) is 0 Å². The number of nitrogens with one attached hydrogen (secondary N) is 1. The fourth-order valence-electron chi connectivity index (χ4n) is 2.19. The van der Waals surface area contributed by atoms with Crippen LogP contribution in [0.15, 0.2) is 0 Å². The Morgan fingerprint density at radius 1 is 0.882 bits per heavy atom. The van der Waals surface area contributed by atoms with Gasteiger partial charge in [-0.15, -0.1) is 0 Å². The molecule has 0 radical (unpaired) electrons. The van der Waals surface area contributed by atoms with Crippen molar-refractivity contribution in [3.63, 3.8) is 0 Å². The Morgan fingerprint density at radius 2 is 1.35 bits per heavy atom. The molecule has 2 N–H and O–H groups in total. The summed E-state index contributed by atoms with van der Waals surface area (Å²) in [6.45, 7) is 8.46. The lowest BCUT2D eigenvalue weighted by Gasteiger charge is -2.29. The molecule has 1 saturated carbocycles. The molecule has 1 heterocycles. The fourth-order valence-corrected chi connectivity index (χ4v) is 2.19. The smallest absolute Gasteiger partial charge is 0.100 e. The van der Waals surface area contributed by atoms with E-state index in [9.17, 15) is 0 Å². The average Bonchev–Trinajstić information content (AvgIpc) is 2.44. The first kappa shape index (κ1) is 16.9. The highest BCUT2D eigenvalue weighted by atomic mass is 17.1. The van der Waals surface area contributed by atoms with E-state index in [1.807, 2.05) is 20.8 Å². The first-order valence-corrected chi connectivity index (χ1v) is 7.30. The van der Waals surface area contributed by atoms with E-state index in [4.69, 9.17) is 5.26 Å². The third-order valence-electron chi connectivity index (χ3n) is 3.34. The molecular formula is C14H31NO2. The van der Waals surface area contributed by atoms with E-state index in [0.29, 0.717) is 0 Å². The van der Waals surface area contributed by atoms with E-state index in [-0.39, 0.29) is 5.60 Å². The molecule has 3 heteroatoms. The third kappa shape index (κ3) is 8.58. The average molecular weight is 245 g/mol. The van der Waals surface area contributed by atoms with Crippen LogP contribution >= 0.6 is 0 Å². The minimum atomic E-state index is -0.224. The molecule has 1 saturated heterocycles. The Balaban J connectivity index is 0.000000278. The summed E-state index contributed by atoms with van der Waals surface area (Å²) in [5, 5.41) is 11.7. The van der Waals surface area contributed by atoms with Crippen LogP contribution in [0.4, 0.5) is 0 Å². The summed E-state index contributed by atoms with van der Waals surface area (Å²) >= 11 is 0. The van der Waals surface area contributed by atoms with Crippen molar-refractivity contribution < 1.29 is 10.1 Å². The van der Waals surface area contributed by atoms with Crippen molar-refractivity contribution in [1.29, 1.82) is 0 Å². The topological polar surface area (TPSA) is 41.5 Å². The van der Waals surface area contributed by atoms with Crippen LogP contribution < -0.4 is 5.32 Å². The zero-order chi connectivity index (χ0) is 13.0. The molecule has 0 bridgehead atoms. The zero-order valence-corrected chi connectivity index (χ0v) is 11.9. The van der Waals surface area contributed by atoms with Crippen LogP contribution in [0.3, 0.4) is 0 Å². The molecule has 1 aliphatic heterocycles. The lowest BCUT2D eigenvalue weighted by Crippen LogP contribution is -2.29. The lowest BCUT2D eigenvalue weighted by molar-refractivity contribution is -0.324. The number of rotatable bonds is 1. The van der Waals surface area contributed by atoms with Gasteiger partial charge in [0.1, 0.15) is 5.60 Å². The van der Waals surface area contributed by atoms with E-state index >= 15 is 0 Å². The first-order valence-electron chi connectivity index (χ1n) is 7.30. The van der Waals surface area contributed by atoms with Crippen LogP contribution in [-0.2, 0) is 4.89 Å². The van der Waals surface area contributed by atoms with E-state index in [0.717, 1.165) is 12.8 Å². The first-order chi connectivity index (χ1) is 8.27. The standard InChI is InChI=1S/C7H14O2.C5H11N.C2H6/c1-7(9-8)5-3-2-4-6-7;1-2-4-6-5-3-1;1-2/h8H,2-6H2,1H3;6H,1-5H2;1-2H3. The molecule has 104 valence electrons. The summed E-state index contributed by atoms with van der Waals surface area (Å²) in [5.74, 6) is 0. The maximum absolute atomic E-state index is 8.45. The van der Waals surface area contributed by atoms with Gasteiger partial charge in [-0.25, -0.2) is 4.89 Å². The van der Waals surface area contributed by atoms with Gasteiger partial charge < -0.3 is 5.32 Å². The zero-order valence-electron chi connectivity index (χ0n) is 11.9. The number of piperidine rings is 1. The van der Waals surface area contributed by atoms with Gasteiger partial charge >= 0.3 is 0 Å². The lowest BCUT2D eigenvalue weighted by atomic mass is 9.87. The molecule has 17 heavy (non-hydrogen) atoms. The fraction of sp³-hybridized carbons (Fsp3) is 1.00. The van der Waals surface area contributed by atoms with E-state index in [1.165, 1.54) is 51.6 Å². The van der Waals surface area contributed by atoms with Crippen molar-refractivity contribution in [2.24, 2.45) is 0 Å². The molecule has 3 nitrogen and oxygen atoms in total. The van der Waals surface area contributed by atoms with Crippen LogP contribution in [0.5, 0.6) is 0 Å². The molecule has 0 aromatic carbocycles. The molecule has 2 fully saturated rings. The Labute approximate surface area is 107 Å². The van der Waals surface area contributed by atoms with Gasteiger partial charge in [0.25, 0.3) is 0 Å². The van der Waals surface area contributed by atoms with Crippen molar-refractivity contribution in [3.05, 3.63) is 0 Å². The Morgan fingerprint density at radius 3 is 1.59 bits per heavy atom. The highest BCUT2D eigenvalue weighted by molar-refractivity contribution is 4.77. The predicted octanol–water partition coefficient (Wildman–Crippen LogP) is 3.98. The van der Waals surface area contributed by atoms with E-state index in [2.05, 4.69) is 10.2 Å². The van der Waals surface area contributed by atoms with E-state index < -0.39 is 0 Å². The maximum atomic E-state index is 8.45. The van der Waals surface area contributed by atoms with Gasteiger partial charge in [-0.2, -0.15) is 0 Å². The summed E-state index contributed by atoms with van der Waals surface area (Å²) in [7, 11) is 0. The van der Waals surface area contributed by atoms with Crippen molar-refractivity contribution >= 4 is 0 Å². The van der Waals surface area contributed by atoms with Gasteiger partial charge in [0.15, 0.2) is 0 Å². The van der Waals surface area contributed by atoms with Gasteiger partial charge in [-0.3, -0.25) is 5.26 Å². The second-order valence-electron chi connectivity index (χ2n) is 4.91. The molecule has 2 aliphatic rings. The highest BCUT2D eigenvalue weighted by Gasteiger charge is 2.27.